The van der Waals surface area contributed by atoms with E-state index < -0.39 is 11.8 Å². The molecule has 0 bridgehead atoms. The number of alkyl halides is 1. The quantitative estimate of drug-likeness (QED) is 0.523. The maximum atomic E-state index is 13.7. The summed E-state index contributed by atoms with van der Waals surface area (Å²) in [7, 11) is 0. The number of halogens is 1. The van der Waals surface area contributed by atoms with Gasteiger partial charge >= 0.3 is 0 Å². The monoisotopic (exact) mass is 302 g/mol. The molecule has 0 radical (unpaired) electrons. The zero-order chi connectivity index (χ0) is 15.5. The molecule has 7 atom stereocenters. The lowest BCUT2D eigenvalue weighted by Gasteiger charge is -2.54. The molecule has 4 aliphatic carbocycles. The molecule has 4 aliphatic rings. The Morgan fingerprint density at radius 3 is 2.82 bits per heavy atom. The Labute approximate surface area is 133 Å². The van der Waals surface area contributed by atoms with Crippen LogP contribution in [0.5, 0.6) is 0 Å². The highest BCUT2D eigenvalue weighted by molar-refractivity contribution is 5.26. The number of aliphatic hydroxyl groups is 1. The molecule has 0 aliphatic heterocycles. The van der Waals surface area contributed by atoms with Gasteiger partial charge in [-0.2, -0.15) is 0 Å². The highest BCUT2D eigenvalue weighted by atomic mass is 19.1. The SMILES string of the molecule is C#C[C@]1(O)CC[C@H]2[C@@H]3CC=C4C[C@@H](F)CC[C@@H]4[C@H]3CC[C@@]21C. The van der Waals surface area contributed by atoms with Gasteiger partial charge in [0.05, 0.1) is 0 Å². The molecule has 0 heterocycles. The highest BCUT2D eigenvalue weighted by Gasteiger charge is 2.61. The fourth-order valence-corrected chi connectivity index (χ4v) is 6.47. The van der Waals surface area contributed by atoms with Crippen LogP contribution >= 0.6 is 0 Å². The van der Waals surface area contributed by atoms with Crippen LogP contribution in [-0.2, 0) is 0 Å². The third-order valence-corrected chi connectivity index (χ3v) is 7.78. The van der Waals surface area contributed by atoms with E-state index in [-0.39, 0.29) is 5.41 Å². The summed E-state index contributed by atoms with van der Waals surface area (Å²) in [5.74, 6) is 5.21. The predicted molar refractivity (Wildman–Crippen MR) is 85.8 cm³/mol. The van der Waals surface area contributed by atoms with E-state index in [4.69, 9.17) is 6.42 Å². The van der Waals surface area contributed by atoms with E-state index >= 15 is 0 Å². The number of hydrogen-bond acceptors (Lipinski definition) is 1. The second-order valence-corrected chi connectivity index (χ2v) is 8.43. The van der Waals surface area contributed by atoms with Crippen molar-refractivity contribution in [2.24, 2.45) is 29.1 Å². The Hall–Kier alpha value is -0.810. The first-order valence-electron chi connectivity index (χ1n) is 9.01. The predicted octanol–water partition coefficient (Wildman–Crippen LogP) is 4.26. The van der Waals surface area contributed by atoms with Gasteiger partial charge in [-0.25, -0.2) is 4.39 Å². The first-order chi connectivity index (χ1) is 10.5. The zero-order valence-electron chi connectivity index (χ0n) is 13.5. The molecule has 3 saturated carbocycles. The fraction of sp³-hybridized carbons (Fsp3) is 0.800. The van der Waals surface area contributed by atoms with Gasteiger partial charge in [0.15, 0.2) is 0 Å². The standard InChI is InChI=1S/C20H27FO/c1-3-20(22)11-9-18-17-6-4-13-12-14(21)5-7-15(13)16(17)8-10-19(18,20)2/h1,4,14-18,22H,5-12H2,2H3/t14-,15-,16+,17+,18-,19-,20-/m0/s1. The summed E-state index contributed by atoms with van der Waals surface area (Å²) >= 11 is 0. The van der Waals surface area contributed by atoms with Crippen molar-refractivity contribution >= 4 is 0 Å². The van der Waals surface area contributed by atoms with Crippen molar-refractivity contribution in [3.63, 3.8) is 0 Å². The minimum absolute atomic E-state index is 0.119. The van der Waals surface area contributed by atoms with Crippen LogP contribution in [0.4, 0.5) is 4.39 Å². The third kappa shape index (κ3) is 1.81. The largest absolute Gasteiger partial charge is 0.377 e. The van der Waals surface area contributed by atoms with E-state index in [1.807, 2.05) is 0 Å². The molecule has 0 amide bonds. The van der Waals surface area contributed by atoms with Crippen LogP contribution in [0.1, 0.15) is 58.3 Å². The summed E-state index contributed by atoms with van der Waals surface area (Å²) in [5, 5.41) is 10.9. The van der Waals surface area contributed by atoms with Crippen LogP contribution < -0.4 is 0 Å². The van der Waals surface area contributed by atoms with Gasteiger partial charge in [-0.3, -0.25) is 0 Å². The van der Waals surface area contributed by atoms with Crippen molar-refractivity contribution in [3.8, 4) is 12.3 Å². The van der Waals surface area contributed by atoms with Crippen LogP contribution in [-0.4, -0.2) is 16.9 Å². The lowest BCUT2D eigenvalue weighted by Crippen LogP contribution is -2.51. The molecule has 1 N–H and O–H groups in total. The van der Waals surface area contributed by atoms with Crippen molar-refractivity contribution < 1.29 is 9.50 Å². The van der Waals surface area contributed by atoms with Crippen molar-refractivity contribution in [3.05, 3.63) is 11.6 Å². The van der Waals surface area contributed by atoms with Gasteiger partial charge in [0.25, 0.3) is 0 Å². The molecule has 3 fully saturated rings. The molecule has 0 aromatic heterocycles. The van der Waals surface area contributed by atoms with Crippen LogP contribution in [0.15, 0.2) is 11.6 Å². The molecule has 0 aromatic rings. The minimum atomic E-state index is -0.913. The van der Waals surface area contributed by atoms with E-state index in [9.17, 15) is 9.50 Å². The summed E-state index contributed by atoms with van der Waals surface area (Å²) in [6, 6.07) is 0. The van der Waals surface area contributed by atoms with E-state index in [2.05, 4.69) is 18.9 Å². The number of fused-ring (bicyclic) bond motifs is 5. The van der Waals surface area contributed by atoms with Gasteiger partial charge in [-0.15, -0.1) is 6.42 Å². The molecule has 1 nitrogen and oxygen atoms in total. The summed E-state index contributed by atoms with van der Waals surface area (Å²) in [5.41, 5.74) is 0.364. The van der Waals surface area contributed by atoms with Crippen LogP contribution in [0.3, 0.4) is 0 Å². The van der Waals surface area contributed by atoms with Gasteiger partial charge in [0.2, 0.25) is 0 Å². The normalized spacial score (nSPS) is 53.7. The summed E-state index contributed by atoms with van der Waals surface area (Å²) in [6.07, 6.45) is 14.9. The molecule has 0 saturated heterocycles. The number of rotatable bonds is 0. The maximum Gasteiger partial charge on any atom is 0.130 e. The second kappa shape index (κ2) is 4.84. The average molecular weight is 302 g/mol. The van der Waals surface area contributed by atoms with Crippen molar-refractivity contribution in [1.82, 2.24) is 0 Å². The maximum absolute atomic E-state index is 13.7. The molecule has 120 valence electrons. The Morgan fingerprint density at radius 2 is 2.05 bits per heavy atom. The first kappa shape index (κ1) is 14.8. The van der Waals surface area contributed by atoms with Crippen LogP contribution in [0.25, 0.3) is 0 Å². The number of allylic oxidation sites excluding steroid dienone is 2. The van der Waals surface area contributed by atoms with Gasteiger partial charge in [-0.05, 0) is 75.0 Å². The smallest absolute Gasteiger partial charge is 0.130 e. The lowest BCUT2D eigenvalue weighted by molar-refractivity contribution is -0.0820. The second-order valence-electron chi connectivity index (χ2n) is 8.43. The average Bonchev–Trinajstić information content (AvgIpc) is 2.79. The number of hydrogen-bond donors (Lipinski definition) is 1. The molecule has 2 heteroatoms. The summed E-state index contributed by atoms with van der Waals surface area (Å²) in [4.78, 5) is 0. The molecule has 0 spiro atoms. The van der Waals surface area contributed by atoms with Gasteiger partial charge in [0.1, 0.15) is 11.8 Å². The van der Waals surface area contributed by atoms with Gasteiger partial charge in [-0.1, -0.05) is 24.5 Å². The molecular weight excluding hydrogens is 275 g/mol. The van der Waals surface area contributed by atoms with E-state index in [1.54, 1.807) is 0 Å². The topological polar surface area (TPSA) is 20.2 Å². The third-order valence-electron chi connectivity index (χ3n) is 7.78. The molecule has 4 rings (SSSR count). The van der Waals surface area contributed by atoms with Crippen molar-refractivity contribution in [2.75, 3.05) is 0 Å². The Bertz CT molecular complexity index is 546. The van der Waals surface area contributed by atoms with E-state index in [1.165, 1.54) is 5.57 Å². The van der Waals surface area contributed by atoms with Crippen molar-refractivity contribution in [2.45, 2.75) is 70.1 Å². The summed E-state index contributed by atoms with van der Waals surface area (Å²) < 4.78 is 13.7. The Balaban J connectivity index is 1.64. The van der Waals surface area contributed by atoms with Crippen LogP contribution in [0.2, 0.25) is 0 Å². The minimum Gasteiger partial charge on any atom is -0.377 e. The van der Waals surface area contributed by atoms with E-state index in [0.29, 0.717) is 30.1 Å². The molecule has 0 unspecified atom stereocenters. The molecule has 0 aromatic carbocycles. The number of terminal acetylenes is 1. The summed E-state index contributed by atoms with van der Waals surface area (Å²) in [6.45, 7) is 2.22. The van der Waals surface area contributed by atoms with Crippen LogP contribution in [0, 0.1) is 41.4 Å². The lowest BCUT2D eigenvalue weighted by atomic mass is 9.51. The van der Waals surface area contributed by atoms with Crippen molar-refractivity contribution in [1.29, 1.82) is 0 Å². The first-order valence-corrected chi connectivity index (χ1v) is 9.01. The molecule has 22 heavy (non-hydrogen) atoms. The zero-order valence-corrected chi connectivity index (χ0v) is 13.5. The van der Waals surface area contributed by atoms with E-state index in [0.717, 1.165) is 44.9 Å². The molecular formula is C20H27FO. The Morgan fingerprint density at radius 1 is 1.23 bits per heavy atom. The van der Waals surface area contributed by atoms with Gasteiger partial charge in [0, 0.05) is 5.41 Å². The van der Waals surface area contributed by atoms with Gasteiger partial charge < -0.3 is 5.11 Å². The Kier molecular flexibility index (Phi) is 3.25. The highest BCUT2D eigenvalue weighted by Crippen LogP contribution is 2.64. The fourth-order valence-electron chi connectivity index (χ4n) is 6.47.